The van der Waals surface area contributed by atoms with Crippen molar-refractivity contribution < 1.29 is 0 Å². The Hall–Kier alpha value is -2.13. The van der Waals surface area contributed by atoms with Gasteiger partial charge >= 0.3 is 0 Å². The molecule has 0 fully saturated rings. The maximum absolute atomic E-state index is 4.41. The van der Waals surface area contributed by atoms with Crippen LogP contribution in [0.3, 0.4) is 0 Å². The quantitative estimate of drug-likeness (QED) is 0.773. The van der Waals surface area contributed by atoms with E-state index in [4.69, 9.17) is 0 Å². The van der Waals surface area contributed by atoms with Crippen LogP contribution in [0.15, 0.2) is 54.9 Å². The van der Waals surface area contributed by atoms with Gasteiger partial charge in [0, 0.05) is 35.9 Å². The smallest absolute Gasteiger partial charge is 0.0648 e. The van der Waals surface area contributed by atoms with Crippen molar-refractivity contribution in [3.05, 3.63) is 66.1 Å². The largest absolute Gasteiger partial charge is 0.341 e. The first kappa shape index (κ1) is 13.8. The third-order valence-corrected chi connectivity index (χ3v) is 3.66. The second kappa shape index (κ2) is 6.10. The average molecular weight is 279 g/mol. The molecule has 0 unspecified atom stereocenters. The summed E-state index contributed by atoms with van der Waals surface area (Å²) in [5.41, 5.74) is 3.70. The molecule has 3 rings (SSSR count). The Kier molecular flexibility index (Phi) is 4.02. The summed E-state index contributed by atoms with van der Waals surface area (Å²) in [7, 11) is 0. The molecule has 0 atom stereocenters. The Labute approximate surface area is 125 Å². The van der Waals surface area contributed by atoms with E-state index in [0.717, 1.165) is 18.8 Å². The number of hydrogen-bond acceptors (Lipinski definition) is 2. The van der Waals surface area contributed by atoms with Crippen molar-refractivity contribution in [3.8, 4) is 0 Å². The van der Waals surface area contributed by atoms with E-state index in [1.165, 1.54) is 16.5 Å². The Morgan fingerprint density at radius 1 is 1.10 bits per heavy atom. The van der Waals surface area contributed by atoms with Gasteiger partial charge in [-0.15, -0.1) is 0 Å². The molecule has 3 heteroatoms. The van der Waals surface area contributed by atoms with Crippen LogP contribution in [0.5, 0.6) is 0 Å². The SMILES string of the molecule is CC(C)NCc1cccc2c1ccn2Cc1ccccn1. The molecule has 0 saturated carbocycles. The van der Waals surface area contributed by atoms with Crippen LogP contribution in [0.4, 0.5) is 0 Å². The van der Waals surface area contributed by atoms with Gasteiger partial charge in [-0.1, -0.05) is 32.0 Å². The van der Waals surface area contributed by atoms with Crippen LogP contribution in [0.25, 0.3) is 10.9 Å². The standard InChI is InChI=1S/C18H21N3/c1-14(2)20-12-15-6-5-8-18-17(15)9-11-21(18)13-16-7-3-4-10-19-16/h3-11,14,20H,12-13H2,1-2H3. The van der Waals surface area contributed by atoms with Crippen LogP contribution in [0.2, 0.25) is 0 Å². The Morgan fingerprint density at radius 3 is 2.76 bits per heavy atom. The van der Waals surface area contributed by atoms with Gasteiger partial charge in [-0.25, -0.2) is 0 Å². The van der Waals surface area contributed by atoms with Gasteiger partial charge in [-0.3, -0.25) is 4.98 Å². The van der Waals surface area contributed by atoms with Crippen molar-refractivity contribution in [2.24, 2.45) is 0 Å². The third kappa shape index (κ3) is 3.14. The molecule has 0 amide bonds. The maximum Gasteiger partial charge on any atom is 0.0648 e. The number of aromatic nitrogens is 2. The summed E-state index contributed by atoms with van der Waals surface area (Å²) in [6, 6.07) is 15.3. The molecule has 0 radical (unpaired) electrons. The van der Waals surface area contributed by atoms with E-state index in [2.05, 4.69) is 65.2 Å². The number of rotatable bonds is 5. The van der Waals surface area contributed by atoms with Crippen molar-refractivity contribution in [2.45, 2.75) is 33.0 Å². The van der Waals surface area contributed by atoms with E-state index in [1.54, 1.807) is 0 Å². The molecule has 3 nitrogen and oxygen atoms in total. The predicted octanol–water partition coefficient (Wildman–Crippen LogP) is 3.58. The van der Waals surface area contributed by atoms with E-state index in [0.29, 0.717) is 6.04 Å². The highest BCUT2D eigenvalue weighted by atomic mass is 15.0. The maximum atomic E-state index is 4.41. The Bertz CT molecular complexity index is 714. The van der Waals surface area contributed by atoms with Crippen molar-refractivity contribution in [2.75, 3.05) is 0 Å². The summed E-state index contributed by atoms with van der Waals surface area (Å²) in [6.45, 7) is 6.06. The van der Waals surface area contributed by atoms with E-state index >= 15 is 0 Å². The van der Waals surface area contributed by atoms with Gasteiger partial charge in [0.1, 0.15) is 0 Å². The van der Waals surface area contributed by atoms with Crippen LogP contribution in [-0.4, -0.2) is 15.6 Å². The van der Waals surface area contributed by atoms with Crippen molar-refractivity contribution in [1.82, 2.24) is 14.9 Å². The van der Waals surface area contributed by atoms with Gasteiger partial charge in [-0.05, 0) is 29.8 Å². The predicted molar refractivity (Wildman–Crippen MR) is 87.3 cm³/mol. The lowest BCUT2D eigenvalue weighted by atomic mass is 10.1. The Morgan fingerprint density at radius 2 is 2.00 bits per heavy atom. The minimum atomic E-state index is 0.496. The van der Waals surface area contributed by atoms with Crippen LogP contribution >= 0.6 is 0 Å². The van der Waals surface area contributed by atoms with E-state index in [9.17, 15) is 0 Å². The first-order valence-corrected chi connectivity index (χ1v) is 7.44. The monoisotopic (exact) mass is 279 g/mol. The van der Waals surface area contributed by atoms with Gasteiger partial charge in [0.15, 0.2) is 0 Å². The number of pyridine rings is 1. The first-order valence-electron chi connectivity index (χ1n) is 7.44. The van der Waals surface area contributed by atoms with Gasteiger partial charge in [-0.2, -0.15) is 0 Å². The lowest BCUT2D eigenvalue weighted by Crippen LogP contribution is -2.21. The summed E-state index contributed by atoms with van der Waals surface area (Å²) in [6.07, 6.45) is 4.00. The van der Waals surface area contributed by atoms with Crippen molar-refractivity contribution in [3.63, 3.8) is 0 Å². The molecule has 0 saturated heterocycles. The van der Waals surface area contributed by atoms with Crippen LogP contribution < -0.4 is 5.32 Å². The van der Waals surface area contributed by atoms with Gasteiger partial charge in [0.05, 0.1) is 12.2 Å². The second-order valence-corrected chi connectivity index (χ2v) is 5.65. The van der Waals surface area contributed by atoms with Crippen molar-refractivity contribution >= 4 is 10.9 Å². The molecular formula is C18H21N3. The highest BCUT2D eigenvalue weighted by molar-refractivity contribution is 5.83. The molecule has 1 aromatic carbocycles. The summed E-state index contributed by atoms with van der Waals surface area (Å²) in [4.78, 5) is 4.41. The fourth-order valence-electron chi connectivity index (χ4n) is 2.56. The number of nitrogens with one attached hydrogen (secondary N) is 1. The Balaban J connectivity index is 1.90. The van der Waals surface area contributed by atoms with E-state index in [-0.39, 0.29) is 0 Å². The van der Waals surface area contributed by atoms with E-state index in [1.807, 2.05) is 18.3 Å². The molecule has 21 heavy (non-hydrogen) atoms. The summed E-state index contributed by atoms with van der Waals surface area (Å²) >= 11 is 0. The summed E-state index contributed by atoms with van der Waals surface area (Å²) in [5, 5.41) is 4.81. The minimum Gasteiger partial charge on any atom is -0.341 e. The second-order valence-electron chi connectivity index (χ2n) is 5.65. The summed E-state index contributed by atoms with van der Waals surface area (Å²) in [5.74, 6) is 0. The zero-order valence-electron chi connectivity index (χ0n) is 12.6. The molecule has 0 spiro atoms. The van der Waals surface area contributed by atoms with Crippen LogP contribution in [-0.2, 0) is 13.1 Å². The lowest BCUT2D eigenvalue weighted by molar-refractivity contribution is 0.590. The van der Waals surface area contributed by atoms with Gasteiger partial charge in [0.2, 0.25) is 0 Å². The molecule has 108 valence electrons. The number of fused-ring (bicyclic) bond motifs is 1. The highest BCUT2D eigenvalue weighted by Crippen LogP contribution is 2.21. The van der Waals surface area contributed by atoms with Crippen LogP contribution in [0.1, 0.15) is 25.1 Å². The molecule has 0 aliphatic heterocycles. The fourth-order valence-corrected chi connectivity index (χ4v) is 2.56. The topological polar surface area (TPSA) is 29.9 Å². The zero-order chi connectivity index (χ0) is 14.7. The highest BCUT2D eigenvalue weighted by Gasteiger charge is 2.06. The summed E-state index contributed by atoms with van der Waals surface area (Å²) < 4.78 is 2.26. The van der Waals surface area contributed by atoms with Crippen LogP contribution in [0, 0.1) is 0 Å². The fraction of sp³-hybridized carbons (Fsp3) is 0.278. The number of benzene rings is 1. The molecule has 1 N–H and O–H groups in total. The minimum absolute atomic E-state index is 0.496. The molecule has 3 aromatic rings. The van der Waals surface area contributed by atoms with Gasteiger partial charge < -0.3 is 9.88 Å². The van der Waals surface area contributed by atoms with Gasteiger partial charge in [0.25, 0.3) is 0 Å². The molecule has 0 aliphatic carbocycles. The molecule has 2 heterocycles. The third-order valence-electron chi connectivity index (χ3n) is 3.66. The molecule has 0 aliphatic rings. The van der Waals surface area contributed by atoms with E-state index < -0.39 is 0 Å². The normalized spacial score (nSPS) is 11.4. The lowest BCUT2D eigenvalue weighted by Gasteiger charge is -2.10. The number of nitrogens with zero attached hydrogens (tertiary/aromatic N) is 2. The molecular weight excluding hydrogens is 258 g/mol. The van der Waals surface area contributed by atoms with Crippen molar-refractivity contribution in [1.29, 1.82) is 0 Å². The zero-order valence-corrected chi connectivity index (χ0v) is 12.6. The molecule has 0 bridgehead atoms. The first-order chi connectivity index (χ1) is 10.2. The number of hydrogen-bond donors (Lipinski definition) is 1. The average Bonchev–Trinajstić information content (AvgIpc) is 2.90. The molecule has 2 aromatic heterocycles.